The number of rotatable bonds is 6. The summed E-state index contributed by atoms with van der Waals surface area (Å²) in [5.74, 6) is 2.87. The van der Waals surface area contributed by atoms with Crippen molar-refractivity contribution >= 4 is 23.2 Å². The molecule has 0 unspecified atom stereocenters. The molecule has 8 heteroatoms. The van der Waals surface area contributed by atoms with Gasteiger partial charge in [-0.2, -0.15) is 4.98 Å². The summed E-state index contributed by atoms with van der Waals surface area (Å²) >= 11 is 12.0. The molecule has 0 radical (unpaired) electrons. The van der Waals surface area contributed by atoms with Crippen LogP contribution in [0.4, 0.5) is 0 Å². The summed E-state index contributed by atoms with van der Waals surface area (Å²) in [4.78, 5) is 4.38. The normalized spacial score (nSPS) is 10.8. The Morgan fingerprint density at radius 3 is 2.68 bits per heavy atom. The number of aromatic nitrogens is 2. The number of hydrogen-bond donors (Lipinski definition) is 0. The molecule has 6 nitrogen and oxygen atoms in total. The third-order valence-corrected chi connectivity index (χ3v) is 4.35. The zero-order valence-corrected chi connectivity index (χ0v) is 16.2. The van der Waals surface area contributed by atoms with Gasteiger partial charge < -0.3 is 18.4 Å². The fraction of sp³-hybridized carbons (Fsp3) is 0.100. The van der Waals surface area contributed by atoms with Gasteiger partial charge in [-0.15, -0.1) is 0 Å². The van der Waals surface area contributed by atoms with Crippen molar-refractivity contribution < 1.29 is 18.4 Å². The molecule has 0 N–H and O–H groups in total. The van der Waals surface area contributed by atoms with Crippen molar-refractivity contribution in [2.75, 3.05) is 7.11 Å². The van der Waals surface area contributed by atoms with Crippen LogP contribution in [0.3, 0.4) is 0 Å². The Balaban J connectivity index is 1.51. The maximum Gasteiger partial charge on any atom is 0.293 e. The number of benzene rings is 2. The van der Waals surface area contributed by atoms with E-state index >= 15 is 0 Å². The van der Waals surface area contributed by atoms with Gasteiger partial charge in [-0.25, -0.2) is 0 Å². The minimum absolute atomic E-state index is 0.240. The van der Waals surface area contributed by atoms with Crippen LogP contribution in [0.5, 0.6) is 11.5 Å². The van der Waals surface area contributed by atoms with Crippen LogP contribution in [-0.2, 0) is 6.61 Å². The van der Waals surface area contributed by atoms with Crippen LogP contribution in [0.1, 0.15) is 5.76 Å². The Kier molecular flexibility index (Phi) is 5.23. The molecule has 0 saturated heterocycles. The highest BCUT2D eigenvalue weighted by atomic mass is 35.5. The van der Waals surface area contributed by atoms with E-state index in [1.165, 1.54) is 0 Å². The van der Waals surface area contributed by atoms with Gasteiger partial charge in [0.25, 0.3) is 5.89 Å². The molecule has 4 rings (SSSR count). The number of hydrogen-bond acceptors (Lipinski definition) is 6. The van der Waals surface area contributed by atoms with E-state index in [0.29, 0.717) is 44.5 Å². The molecule has 0 fully saturated rings. The first-order chi connectivity index (χ1) is 13.6. The molecule has 0 aliphatic heterocycles. The van der Waals surface area contributed by atoms with E-state index in [0.717, 1.165) is 0 Å². The molecule has 2 aromatic carbocycles. The van der Waals surface area contributed by atoms with E-state index in [1.807, 2.05) is 12.1 Å². The van der Waals surface area contributed by atoms with E-state index in [-0.39, 0.29) is 12.5 Å². The molecule has 0 aliphatic rings. The van der Waals surface area contributed by atoms with Gasteiger partial charge >= 0.3 is 0 Å². The molecule has 28 heavy (non-hydrogen) atoms. The first-order valence-corrected chi connectivity index (χ1v) is 9.03. The summed E-state index contributed by atoms with van der Waals surface area (Å²) in [6.07, 6.45) is 0. The molecule has 142 valence electrons. The highest BCUT2D eigenvalue weighted by Crippen LogP contribution is 2.32. The Morgan fingerprint density at radius 2 is 1.86 bits per heavy atom. The predicted molar refractivity (Wildman–Crippen MR) is 105 cm³/mol. The van der Waals surface area contributed by atoms with Crippen LogP contribution in [0.15, 0.2) is 63.5 Å². The molecule has 0 atom stereocenters. The second-order valence-electron chi connectivity index (χ2n) is 5.78. The minimum atomic E-state index is 0.240. The lowest BCUT2D eigenvalue weighted by atomic mass is 10.2. The average molecular weight is 417 g/mol. The van der Waals surface area contributed by atoms with E-state index in [1.54, 1.807) is 49.6 Å². The molecule has 0 bridgehead atoms. The lowest BCUT2D eigenvalue weighted by Crippen LogP contribution is -1.93. The van der Waals surface area contributed by atoms with E-state index in [2.05, 4.69) is 10.1 Å². The highest BCUT2D eigenvalue weighted by Gasteiger charge is 2.17. The first kappa shape index (κ1) is 18.4. The summed E-state index contributed by atoms with van der Waals surface area (Å²) in [5.41, 5.74) is 0.626. The molecule has 4 aromatic rings. The van der Waals surface area contributed by atoms with Crippen LogP contribution in [-0.4, -0.2) is 17.3 Å². The van der Waals surface area contributed by atoms with Gasteiger partial charge in [-0.3, -0.25) is 0 Å². The number of furan rings is 1. The third kappa shape index (κ3) is 3.98. The van der Waals surface area contributed by atoms with Gasteiger partial charge in [0.05, 0.1) is 12.7 Å². The summed E-state index contributed by atoms with van der Waals surface area (Å²) < 4.78 is 22.1. The molecular weight excluding hydrogens is 403 g/mol. The van der Waals surface area contributed by atoms with Crippen molar-refractivity contribution in [2.45, 2.75) is 6.61 Å². The van der Waals surface area contributed by atoms with Crippen LogP contribution >= 0.6 is 23.2 Å². The van der Waals surface area contributed by atoms with Crippen molar-refractivity contribution in [1.29, 1.82) is 0 Å². The standard InChI is InChI=1S/C20H14Cl2N2O4/c1-25-17-7-5-13(22)10-16(17)19-23-20(28-24-19)18-8-6-15(27-18)11-26-14-4-2-3-12(21)9-14/h2-10H,11H2,1H3. The first-order valence-electron chi connectivity index (χ1n) is 8.27. The summed E-state index contributed by atoms with van der Waals surface area (Å²) in [6.45, 7) is 0.240. The summed E-state index contributed by atoms with van der Waals surface area (Å²) in [6, 6.07) is 15.8. The lowest BCUT2D eigenvalue weighted by Gasteiger charge is -2.04. The topological polar surface area (TPSA) is 70.5 Å². The number of ether oxygens (including phenoxy) is 2. The minimum Gasteiger partial charge on any atom is -0.496 e. The van der Waals surface area contributed by atoms with Gasteiger partial charge in [0.15, 0.2) is 5.76 Å². The quantitative estimate of drug-likeness (QED) is 0.390. The smallest absolute Gasteiger partial charge is 0.293 e. The Morgan fingerprint density at radius 1 is 1.00 bits per heavy atom. The van der Waals surface area contributed by atoms with Gasteiger partial charge in [-0.05, 0) is 48.5 Å². The van der Waals surface area contributed by atoms with Gasteiger partial charge in [0.2, 0.25) is 5.82 Å². The zero-order valence-electron chi connectivity index (χ0n) is 14.7. The zero-order chi connectivity index (χ0) is 19.5. The van der Waals surface area contributed by atoms with Crippen LogP contribution in [0.25, 0.3) is 23.0 Å². The van der Waals surface area contributed by atoms with Crippen molar-refractivity contribution in [3.8, 4) is 34.5 Å². The molecule has 0 amide bonds. The summed E-state index contributed by atoms with van der Waals surface area (Å²) in [7, 11) is 1.56. The predicted octanol–water partition coefficient (Wildman–Crippen LogP) is 5.89. The molecular formula is C20H14Cl2N2O4. The fourth-order valence-electron chi connectivity index (χ4n) is 2.57. The third-order valence-electron chi connectivity index (χ3n) is 3.88. The molecule has 2 aromatic heterocycles. The van der Waals surface area contributed by atoms with E-state index in [9.17, 15) is 0 Å². The van der Waals surface area contributed by atoms with E-state index < -0.39 is 0 Å². The van der Waals surface area contributed by atoms with Crippen LogP contribution in [0, 0.1) is 0 Å². The SMILES string of the molecule is COc1ccc(Cl)cc1-c1noc(-c2ccc(COc3cccc(Cl)c3)o2)n1. The molecule has 0 aliphatic carbocycles. The van der Waals surface area contributed by atoms with Crippen molar-refractivity contribution in [3.05, 3.63) is 70.4 Å². The molecule has 0 spiro atoms. The lowest BCUT2D eigenvalue weighted by molar-refractivity contribution is 0.270. The van der Waals surface area contributed by atoms with Gasteiger partial charge in [0, 0.05) is 10.0 Å². The Bertz CT molecular complexity index is 1110. The highest BCUT2D eigenvalue weighted by molar-refractivity contribution is 6.31. The monoisotopic (exact) mass is 416 g/mol. The van der Waals surface area contributed by atoms with Gasteiger partial charge in [0.1, 0.15) is 23.9 Å². The Labute approximate surface area is 170 Å². The summed E-state index contributed by atoms with van der Waals surface area (Å²) in [5, 5.41) is 5.14. The fourth-order valence-corrected chi connectivity index (χ4v) is 2.92. The maximum atomic E-state index is 6.06. The van der Waals surface area contributed by atoms with Crippen molar-refractivity contribution in [3.63, 3.8) is 0 Å². The van der Waals surface area contributed by atoms with Crippen molar-refractivity contribution in [1.82, 2.24) is 10.1 Å². The van der Waals surface area contributed by atoms with Crippen LogP contribution < -0.4 is 9.47 Å². The molecule has 2 heterocycles. The molecule has 0 saturated carbocycles. The maximum absolute atomic E-state index is 6.06. The second kappa shape index (κ2) is 7.96. The number of methoxy groups -OCH3 is 1. The van der Waals surface area contributed by atoms with Crippen LogP contribution in [0.2, 0.25) is 10.0 Å². The second-order valence-corrected chi connectivity index (χ2v) is 6.65. The Hall–Kier alpha value is -2.96. The average Bonchev–Trinajstić information content (AvgIpc) is 3.36. The number of nitrogens with zero attached hydrogens (tertiary/aromatic N) is 2. The number of halogens is 2. The van der Waals surface area contributed by atoms with E-state index in [4.69, 9.17) is 41.6 Å². The van der Waals surface area contributed by atoms with Crippen molar-refractivity contribution in [2.24, 2.45) is 0 Å². The van der Waals surface area contributed by atoms with Gasteiger partial charge in [-0.1, -0.05) is 34.4 Å². The largest absolute Gasteiger partial charge is 0.496 e.